The summed E-state index contributed by atoms with van der Waals surface area (Å²) in [5.74, 6) is -0.279. The molecule has 3 rings (SSSR count). The van der Waals surface area contributed by atoms with Gasteiger partial charge in [0.15, 0.2) is 6.10 Å². The highest BCUT2D eigenvalue weighted by Crippen LogP contribution is 2.18. The van der Waals surface area contributed by atoms with E-state index in [1.54, 1.807) is 50.5 Å². The van der Waals surface area contributed by atoms with E-state index in [0.717, 1.165) is 10.6 Å². The lowest BCUT2D eigenvalue weighted by Crippen LogP contribution is -2.32. The molecule has 0 saturated carbocycles. The van der Waals surface area contributed by atoms with Gasteiger partial charge in [-0.3, -0.25) is 10.1 Å². The predicted octanol–water partition coefficient (Wildman–Crippen LogP) is 2.81. The smallest absolute Gasteiger partial charge is 0.338 e. The molecule has 2 heterocycles. The molecule has 0 aliphatic rings. The topological polar surface area (TPSA) is 110 Å². The van der Waals surface area contributed by atoms with Gasteiger partial charge in [-0.25, -0.2) is 9.78 Å². The minimum absolute atomic E-state index is 0.347. The largest absolute Gasteiger partial charge is 0.449 e. The minimum atomic E-state index is -0.906. The zero-order valence-electron chi connectivity index (χ0n) is 14.2. The van der Waals surface area contributed by atoms with Gasteiger partial charge in [-0.15, -0.1) is 10.2 Å². The number of aromatic amines is 1. The number of benzene rings is 1. The van der Waals surface area contributed by atoms with Crippen LogP contribution in [0.4, 0.5) is 5.13 Å². The van der Waals surface area contributed by atoms with Crippen molar-refractivity contribution in [3.8, 4) is 11.4 Å². The SMILES string of the molecule is CCC(OC(=O)c1ccc(-c2ncc[nH]2)cc1)C(=O)Nc1nnc(C)s1. The molecule has 9 heteroatoms. The molecule has 1 atom stereocenters. The maximum atomic E-state index is 12.3. The summed E-state index contributed by atoms with van der Waals surface area (Å²) in [6.07, 6.45) is 2.82. The van der Waals surface area contributed by atoms with E-state index in [1.807, 2.05) is 0 Å². The number of aromatic nitrogens is 4. The Labute approximate surface area is 153 Å². The molecule has 2 aromatic heterocycles. The Bertz CT molecular complexity index is 890. The van der Waals surface area contributed by atoms with Gasteiger partial charge < -0.3 is 9.72 Å². The van der Waals surface area contributed by atoms with E-state index in [2.05, 4.69) is 25.5 Å². The lowest BCUT2D eigenvalue weighted by Gasteiger charge is -2.15. The first-order chi connectivity index (χ1) is 12.6. The summed E-state index contributed by atoms with van der Waals surface area (Å²) in [5.41, 5.74) is 1.21. The number of H-pyrrole nitrogens is 1. The zero-order valence-corrected chi connectivity index (χ0v) is 15.0. The van der Waals surface area contributed by atoms with Crippen LogP contribution in [0.25, 0.3) is 11.4 Å². The standard InChI is InChI=1S/C17H17N5O3S/c1-3-13(15(23)20-17-22-21-10(2)26-17)25-16(24)12-6-4-11(5-7-12)14-18-8-9-19-14/h4-9,13H,3H2,1-2H3,(H,18,19)(H,20,22,23). The summed E-state index contributed by atoms with van der Waals surface area (Å²) in [6.45, 7) is 3.56. The Balaban J connectivity index is 1.64. The lowest BCUT2D eigenvalue weighted by molar-refractivity contribution is -0.124. The van der Waals surface area contributed by atoms with Crippen LogP contribution in [0.2, 0.25) is 0 Å². The van der Waals surface area contributed by atoms with E-state index in [4.69, 9.17) is 4.74 Å². The van der Waals surface area contributed by atoms with Crippen LogP contribution in [0, 0.1) is 6.92 Å². The molecule has 0 fully saturated rings. The highest BCUT2D eigenvalue weighted by Gasteiger charge is 2.23. The van der Waals surface area contributed by atoms with Crippen LogP contribution in [0.3, 0.4) is 0 Å². The third kappa shape index (κ3) is 4.12. The third-order valence-corrected chi connectivity index (χ3v) is 4.32. The normalized spacial score (nSPS) is 11.8. The second-order valence-electron chi connectivity index (χ2n) is 5.43. The van der Waals surface area contributed by atoms with Crippen molar-refractivity contribution in [2.24, 2.45) is 0 Å². The number of nitrogens with zero attached hydrogens (tertiary/aromatic N) is 3. The number of carbonyl (C=O) groups is 2. The molecule has 134 valence electrons. The summed E-state index contributed by atoms with van der Waals surface area (Å²) < 4.78 is 5.34. The second kappa shape index (κ2) is 7.87. The summed E-state index contributed by atoms with van der Waals surface area (Å²) >= 11 is 1.26. The number of imidazole rings is 1. The Morgan fingerprint density at radius 2 is 2.04 bits per heavy atom. The van der Waals surface area contributed by atoms with Gasteiger partial charge in [0.25, 0.3) is 5.91 Å². The Morgan fingerprint density at radius 1 is 1.27 bits per heavy atom. The molecule has 0 saturated heterocycles. The van der Waals surface area contributed by atoms with E-state index in [1.165, 1.54) is 11.3 Å². The average molecular weight is 371 g/mol. The Morgan fingerprint density at radius 3 is 2.62 bits per heavy atom. The molecule has 0 aliphatic carbocycles. The molecule has 1 unspecified atom stereocenters. The molecule has 0 radical (unpaired) electrons. The summed E-state index contributed by atoms with van der Waals surface area (Å²) in [6, 6.07) is 6.80. The number of ether oxygens (including phenoxy) is 1. The van der Waals surface area contributed by atoms with E-state index in [0.29, 0.717) is 22.9 Å². The first-order valence-electron chi connectivity index (χ1n) is 7.98. The monoisotopic (exact) mass is 371 g/mol. The van der Waals surface area contributed by atoms with E-state index in [9.17, 15) is 9.59 Å². The predicted molar refractivity (Wildman–Crippen MR) is 96.8 cm³/mol. The van der Waals surface area contributed by atoms with Gasteiger partial charge in [-0.05, 0) is 25.5 Å². The maximum absolute atomic E-state index is 12.3. The van der Waals surface area contributed by atoms with Crippen LogP contribution in [-0.2, 0) is 9.53 Å². The fourth-order valence-electron chi connectivity index (χ4n) is 2.24. The fourth-order valence-corrected chi connectivity index (χ4v) is 2.83. The third-order valence-electron chi connectivity index (χ3n) is 3.56. The quantitative estimate of drug-likeness (QED) is 0.645. The van der Waals surface area contributed by atoms with Crippen LogP contribution in [0.15, 0.2) is 36.7 Å². The molecular weight excluding hydrogens is 354 g/mol. The maximum Gasteiger partial charge on any atom is 0.338 e. The van der Waals surface area contributed by atoms with Crippen LogP contribution in [-0.4, -0.2) is 38.1 Å². The van der Waals surface area contributed by atoms with Crippen LogP contribution in [0.5, 0.6) is 0 Å². The van der Waals surface area contributed by atoms with Crippen molar-refractivity contribution in [2.45, 2.75) is 26.4 Å². The summed E-state index contributed by atoms with van der Waals surface area (Å²) in [5, 5.41) is 11.4. The number of carbonyl (C=O) groups excluding carboxylic acids is 2. The molecule has 0 spiro atoms. The van der Waals surface area contributed by atoms with Gasteiger partial charge in [-0.2, -0.15) is 0 Å². The molecule has 1 amide bonds. The summed E-state index contributed by atoms with van der Waals surface area (Å²) in [7, 11) is 0. The van der Waals surface area contributed by atoms with Crippen LogP contribution >= 0.6 is 11.3 Å². The number of hydrogen-bond acceptors (Lipinski definition) is 7. The van der Waals surface area contributed by atoms with Crippen LogP contribution in [0.1, 0.15) is 28.7 Å². The summed E-state index contributed by atoms with van der Waals surface area (Å²) in [4.78, 5) is 31.7. The van der Waals surface area contributed by atoms with Crippen molar-refractivity contribution in [3.05, 3.63) is 47.2 Å². The molecule has 8 nitrogen and oxygen atoms in total. The van der Waals surface area contributed by atoms with Gasteiger partial charge in [0.2, 0.25) is 5.13 Å². The van der Waals surface area contributed by atoms with Gasteiger partial charge >= 0.3 is 5.97 Å². The lowest BCUT2D eigenvalue weighted by atomic mass is 10.1. The van der Waals surface area contributed by atoms with Crippen molar-refractivity contribution in [1.82, 2.24) is 20.2 Å². The second-order valence-corrected chi connectivity index (χ2v) is 6.61. The highest BCUT2D eigenvalue weighted by molar-refractivity contribution is 7.15. The first kappa shape index (κ1) is 17.7. The number of nitrogens with one attached hydrogen (secondary N) is 2. The molecule has 2 N–H and O–H groups in total. The van der Waals surface area contributed by atoms with E-state index < -0.39 is 18.0 Å². The van der Waals surface area contributed by atoms with E-state index >= 15 is 0 Å². The molecule has 3 aromatic rings. The average Bonchev–Trinajstić information content (AvgIpc) is 3.31. The molecule has 0 aliphatic heterocycles. The van der Waals surface area contributed by atoms with Crippen molar-refractivity contribution in [3.63, 3.8) is 0 Å². The zero-order chi connectivity index (χ0) is 18.5. The Kier molecular flexibility index (Phi) is 5.37. The number of esters is 1. The van der Waals surface area contributed by atoms with Crippen molar-refractivity contribution >= 4 is 28.3 Å². The molecule has 26 heavy (non-hydrogen) atoms. The van der Waals surface area contributed by atoms with E-state index in [-0.39, 0.29) is 0 Å². The van der Waals surface area contributed by atoms with Gasteiger partial charge in [-0.1, -0.05) is 30.4 Å². The molecule has 0 bridgehead atoms. The first-order valence-corrected chi connectivity index (χ1v) is 8.80. The van der Waals surface area contributed by atoms with Gasteiger partial charge in [0.1, 0.15) is 10.8 Å². The molecule has 1 aromatic carbocycles. The van der Waals surface area contributed by atoms with Crippen molar-refractivity contribution < 1.29 is 14.3 Å². The van der Waals surface area contributed by atoms with Gasteiger partial charge in [0.05, 0.1) is 5.56 Å². The van der Waals surface area contributed by atoms with Crippen molar-refractivity contribution in [1.29, 1.82) is 0 Å². The minimum Gasteiger partial charge on any atom is -0.449 e. The Hall–Kier alpha value is -3.07. The number of rotatable bonds is 6. The number of hydrogen-bond donors (Lipinski definition) is 2. The number of amides is 1. The number of anilines is 1. The van der Waals surface area contributed by atoms with Crippen molar-refractivity contribution in [2.75, 3.05) is 5.32 Å². The number of aryl methyl sites for hydroxylation is 1. The van der Waals surface area contributed by atoms with Crippen LogP contribution < -0.4 is 5.32 Å². The fraction of sp³-hybridized carbons (Fsp3) is 0.235. The highest BCUT2D eigenvalue weighted by atomic mass is 32.1. The molecular formula is C17H17N5O3S. The van der Waals surface area contributed by atoms with Gasteiger partial charge in [0, 0.05) is 18.0 Å².